The summed E-state index contributed by atoms with van der Waals surface area (Å²) < 4.78 is 0. The molecule has 0 bridgehead atoms. The molecule has 0 aromatic carbocycles. The SMILES string of the molecule is NCCCCC(NC(=O)C(CCCCNC(=O)C(CCCC/C=C\C(=O)CCS)NC(=O)CCS)NC(=O)C(CCCC/C=C\C(=O)CCS)NC(=O)CCS)C(N)=O. The molecule has 0 saturated carbocycles. The smallest absolute Gasteiger partial charge is 0.243 e. The molecule has 0 radical (unpaired) electrons. The van der Waals surface area contributed by atoms with E-state index in [2.05, 4.69) is 77.1 Å². The van der Waals surface area contributed by atoms with Gasteiger partial charge in [-0.25, -0.2) is 0 Å². The predicted octanol–water partition coefficient (Wildman–Crippen LogP) is 2.48. The summed E-state index contributed by atoms with van der Waals surface area (Å²) in [5, 5.41) is 13.8. The van der Waals surface area contributed by atoms with Gasteiger partial charge in [-0.3, -0.25) is 38.4 Å². The number of allylic oxidation sites excluding steroid dienone is 4. The second-order valence-electron chi connectivity index (χ2n) is 14.0. The molecule has 4 unspecified atom stereocenters. The number of carbonyl (C=O) groups is 8. The third-order valence-electron chi connectivity index (χ3n) is 8.99. The number of primary amides is 1. The van der Waals surface area contributed by atoms with Crippen molar-refractivity contribution in [2.45, 2.75) is 140 Å². The average Bonchev–Trinajstić information content (AvgIpc) is 3.18. The highest BCUT2D eigenvalue weighted by Crippen LogP contribution is 2.11. The standard InChI is InChI=1S/C40H69N7O8S4/c41-23-11-9-15-31(37(42)52)46-40(55)34(47-39(54)33(45-36(51)22-28-59)17-8-4-2-6-14-30(49)20-26-57)18-10-12-24-43-38(53)32(44-35(50)21-27-58)16-7-3-1-5-13-29(48)19-25-56/h5-6,13-14,31-34,56-59H,1-4,7-12,15-28,41H2,(H2,42,52)(H,43,53)(H,44,50)(H,45,51)(H,46,55)(H,47,54)/b13-5-,14-6-. The number of nitrogens with one attached hydrogen (secondary N) is 5. The number of amides is 6. The van der Waals surface area contributed by atoms with Gasteiger partial charge in [-0.05, 0) is 119 Å². The minimum atomic E-state index is -1.10. The van der Waals surface area contributed by atoms with E-state index in [4.69, 9.17) is 11.5 Å². The summed E-state index contributed by atoms with van der Waals surface area (Å²) in [4.78, 5) is 101. The quantitative estimate of drug-likeness (QED) is 0.0249. The monoisotopic (exact) mass is 903 g/mol. The molecular weight excluding hydrogens is 835 g/mol. The van der Waals surface area contributed by atoms with E-state index in [1.165, 1.54) is 12.2 Å². The lowest BCUT2D eigenvalue weighted by atomic mass is 10.0. The Morgan fingerprint density at radius 2 is 0.864 bits per heavy atom. The van der Waals surface area contributed by atoms with E-state index in [9.17, 15) is 38.4 Å². The fourth-order valence-electron chi connectivity index (χ4n) is 5.71. The van der Waals surface area contributed by atoms with Crippen molar-refractivity contribution in [1.29, 1.82) is 0 Å². The second kappa shape index (κ2) is 36.8. The first-order valence-corrected chi connectivity index (χ1v) is 23.1. The highest BCUT2D eigenvalue weighted by Gasteiger charge is 2.29. The van der Waals surface area contributed by atoms with Gasteiger partial charge < -0.3 is 38.1 Å². The molecule has 0 aromatic heterocycles. The Kier molecular flexibility index (Phi) is 34.9. The number of unbranched alkanes of at least 4 members (excludes halogenated alkanes) is 6. The van der Waals surface area contributed by atoms with E-state index in [0.29, 0.717) is 107 Å². The van der Waals surface area contributed by atoms with E-state index in [-0.39, 0.29) is 73.7 Å². The van der Waals surface area contributed by atoms with Gasteiger partial charge in [0.05, 0.1) is 0 Å². The van der Waals surface area contributed by atoms with Crippen LogP contribution in [-0.2, 0) is 38.4 Å². The molecule has 0 rings (SSSR count). The molecule has 0 fully saturated rings. The van der Waals surface area contributed by atoms with Crippen LogP contribution in [0.5, 0.6) is 0 Å². The third kappa shape index (κ3) is 29.8. The number of thiol groups is 4. The Bertz CT molecular complexity index is 1360. The predicted molar refractivity (Wildman–Crippen MR) is 246 cm³/mol. The molecular formula is C40H69N7O8S4. The maximum atomic E-state index is 13.7. The van der Waals surface area contributed by atoms with E-state index in [1.54, 1.807) is 12.2 Å². The zero-order valence-electron chi connectivity index (χ0n) is 34.3. The molecule has 0 aliphatic carbocycles. The minimum Gasteiger partial charge on any atom is -0.368 e. The Labute approximate surface area is 372 Å². The van der Waals surface area contributed by atoms with E-state index >= 15 is 0 Å². The first kappa shape index (κ1) is 56.0. The van der Waals surface area contributed by atoms with Crippen LogP contribution >= 0.6 is 50.5 Å². The molecule has 59 heavy (non-hydrogen) atoms. The van der Waals surface area contributed by atoms with Crippen LogP contribution in [0.15, 0.2) is 24.3 Å². The summed E-state index contributed by atoms with van der Waals surface area (Å²) in [7, 11) is 0. The van der Waals surface area contributed by atoms with Gasteiger partial charge in [0.1, 0.15) is 24.2 Å². The van der Waals surface area contributed by atoms with Gasteiger partial charge in [-0.2, -0.15) is 50.5 Å². The molecule has 4 atom stereocenters. The van der Waals surface area contributed by atoms with Crippen molar-refractivity contribution >= 4 is 97.5 Å². The van der Waals surface area contributed by atoms with Gasteiger partial charge in [-0.1, -0.05) is 25.0 Å². The average molecular weight is 904 g/mol. The van der Waals surface area contributed by atoms with Crippen LogP contribution in [0.2, 0.25) is 0 Å². The van der Waals surface area contributed by atoms with Crippen molar-refractivity contribution in [3.8, 4) is 0 Å². The fourth-order valence-corrected chi connectivity index (χ4v) is 6.56. The number of ketones is 2. The normalized spacial score (nSPS) is 13.3. The third-order valence-corrected chi connectivity index (χ3v) is 9.89. The molecule has 0 aliphatic rings. The van der Waals surface area contributed by atoms with Crippen LogP contribution in [-0.4, -0.2) is 107 Å². The maximum absolute atomic E-state index is 13.7. The lowest BCUT2D eigenvalue weighted by Crippen LogP contribution is -2.56. The lowest BCUT2D eigenvalue weighted by molar-refractivity contribution is -0.133. The van der Waals surface area contributed by atoms with Crippen LogP contribution < -0.4 is 38.1 Å². The number of rotatable bonds is 37. The zero-order valence-corrected chi connectivity index (χ0v) is 37.9. The Morgan fingerprint density at radius 1 is 0.475 bits per heavy atom. The molecule has 9 N–H and O–H groups in total. The fraction of sp³-hybridized carbons (Fsp3) is 0.700. The van der Waals surface area contributed by atoms with Gasteiger partial charge in [0.15, 0.2) is 11.6 Å². The molecule has 19 heteroatoms. The Balaban J connectivity index is 5.72. The van der Waals surface area contributed by atoms with Gasteiger partial charge in [0, 0.05) is 32.2 Å². The number of hydrogen-bond acceptors (Lipinski definition) is 13. The van der Waals surface area contributed by atoms with Gasteiger partial charge in [0.2, 0.25) is 35.4 Å². The summed E-state index contributed by atoms with van der Waals surface area (Å²) in [5.74, 6) is -1.45. The lowest BCUT2D eigenvalue weighted by Gasteiger charge is -2.25. The van der Waals surface area contributed by atoms with Crippen molar-refractivity contribution < 1.29 is 38.4 Å². The summed E-state index contributed by atoms with van der Waals surface area (Å²) in [6.45, 7) is 0.621. The van der Waals surface area contributed by atoms with Crippen molar-refractivity contribution in [2.75, 3.05) is 36.1 Å². The van der Waals surface area contributed by atoms with Gasteiger partial charge in [0.25, 0.3) is 0 Å². The summed E-state index contributed by atoms with van der Waals surface area (Å²) in [5.41, 5.74) is 11.2. The van der Waals surface area contributed by atoms with Crippen LogP contribution in [0.3, 0.4) is 0 Å². The summed E-state index contributed by atoms with van der Waals surface area (Å²) in [6, 6.07) is -3.83. The van der Waals surface area contributed by atoms with Crippen LogP contribution in [0.25, 0.3) is 0 Å². The molecule has 15 nitrogen and oxygen atoms in total. The number of nitrogens with two attached hydrogens (primary N) is 2. The minimum absolute atomic E-state index is 0.00280. The highest BCUT2D eigenvalue weighted by atomic mass is 32.1. The molecule has 0 heterocycles. The number of carbonyl (C=O) groups excluding carboxylic acids is 8. The second-order valence-corrected chi connectivity index (χ2v) is 15.8. The number of hydrogen-bond donors (Lipinski definition) is 11. The van der Waals surface area contributed by atoms with Crippen molar-refractivity contribution in [2.24, 2.45) is 11.5 Å². The van der Waals surface area contributed by atoms with Crippen LogP contribution in [0, 0.1) is 0 Å². The first-order valence-electron chi connectivity index (χ1n) is 20.6. The molecule has 0 aromatic rings. The Morgan fingerprint density at radius 3 is 1.31 bits per heavy atom. The first-order chi connectivity index (χ1) is 28.3. The van der Waals surface area contributed by atoms with Crippen molar-refractivity contribution in [3.05, 3.63) is 24.3 Å². The largest absolute Gasteiger partial charge is 0.368 e. The summed E-state index contributed by atoms with van der Waals surface area (Å²) in [6.07, 6.45) is 14.3. The molecule has 0 saturated heterocycles. The van der Waals surface area contributed by atoms with Gasteiger partial charge >= 0.3 is 0 Å². The van der Waals surface area contributed by atoms with E-state index < -0.39 is 41.9 Å². The van der Waals surface area contributed by atoms with Crippen molar-refractivity contribution in [3.63, 3.8) is 0 Å². The zero-order chi connectivity index (χ0) is 44.3. The highest BCUT2D eigenvalue weighted by molar-refractivity contribution is 7.80. The molecule has 0 spiro atoms. The topological polar surface area (TPSA) is 249 Å². The summed E-state index contributed by atoms with van der Waals surface area (Å²) >= 11 is 16.3. The Hall–Kier alpha value is -3.00. The van der Waals surface area contributed by atoms with E-state index in [1.807, 2.05) is 0 Å². The van der Waals surface area contributed by atoms with E-state index in [0.717, 1.165) is 0 Å². The van der Waals surface area contributed by atoms with Crippen LogP contribution in [0.4, 0.5) is 0 Å². The molecule has 0 aliphatic heterocycles. The van der Waals surface area contributed by atoms with Crippen LogP contribution in [0.1, 0.15) is 116 Å². The van der Waals surface area contributed by atoms with Gasteiger partial charge in [-0.15, -0.1) is 0 Å². The molecule has 336 valence electrons. The van der Waals surface area contributed by atoms with Crippen molar-refractivity contribution in [1.82, 2.24) is 26.6 Å². The maximum Gasteiger partial charge on any atom is 0.243 e. The molecule has 6 amide bonds.